The molecule has 4 heterocycles. The molecule has 9 heteroatoms. The van der Waals surface area contributed by atoms with Crippen molar-refractivity contribution in [3.05, 3.63) is 78.0 Å². The highest BCUT2D eigenvalue weighted by molar-refractivity contribution is 7.92. The molecule has 3 aliphatic rings. The van der Waals surface area contributed by atoms with Gasteiger partial charge in [0.1, 0.15) is 0 Å². The minimum atomic E-state index is -3.28. The first-order valence-electron chi connectivity index (χ1n) is 13.4. The third-order valence-corrected chi connectivity index (χ3v) is 9.80. The molecule has 0 amide bonds. The number of imidazole rings is 1. The van der Waals surface area contributed by atoms with Crippen LogP contribution in [0, 0.1) is 0 Å². The van der Waals surface area contributed by atoms with Gasteiger partial charge < -0.3 is 9.88 Å². The number of nitrogens with zero attached hydrogens (tertiary/aromatic N) is 5. The first-order chi connectivity index (χ1) is 18.6. The zero-order chi connectivity index (χ0) is 25.7. The molecular weight excluding hydrogens is 496 g/mol. The second-order valence-corrected chi connectivity index (χ2v) is 12.4. The molecule has 2 aromatic heterocycles. The molecule has 1 atom stereocenters. The second kappa shape index (κ2) is 9.32. The first-order valence-corrected chi connectivity index (χ1v) is 15.0. The first kappa shape index (κ1) is 23.5. The number of benzene rings is 2. The molecule has 1 N–H and O–H groups in total. The maximum absolute atomic E-state index is 12.7. The molecule has 38 heavy (non-hydrogen) atoms. The Morgan fingerprint density at radius 3 is 2.82 bits per heavy atom. The summed E-state index contributed by atoms with van der Waals surface area (Å²) >= 11 is 0. The van der Waals surface area contributed by atoms with Gasteiger partial charge in [0.15, 0.2) is 0 Å². The average Bonchev–Trinajstić information content (AvgIpc) is 3.57. The molecule has 1 unspecified atom stereocenters. The Kier molecular flexibility index (Phi) is 5.78. The van der Waals surface area contributed by atoms with Crippen molar-refractivity contribution in [3.8, 4) is 11.3 Å². The summed E-state index contributed by atoms with van der Waals surface area (Å²) in [6.45, 7) is 2.56. The maximum atomic E-state index is 12.7. The highest BCUT2D eigenvalue weighted by Crippen LogP contribution is 2.35. The van der Waals surface area contributed by atoms with Crippen LogP contribution in [-0.4, -0.2) is 53.3 Å². The molecule has 0 bridgehead atoms. The van der Waals surface area contributed by atoms with Gasteiger partial charge in [-0.05, 0) is 62.1 Å². The largest absolute Gasteiger partial charge is 0.326 e. The van der Waals surface area contributed by atoms with Crippen molar-refractivity contribution in [3.63, 3.8) is 0 Å². The topological polar surface area (TPSA) is 93.0 Å². The lowest BCUT2D eigenvalue weighted by molar-refractivity contribution is 0.378. The van der Waals surface area contributed by atoms with Crippen molar-refractivity contribution in [2.45, 2.75) is 38.1 Å². The molecule has 0 radical (unpaired) electrons. The summed E-state index contributed by atoms with van der Waals surface area (Å²) in [4.78, 5) is 14.5. The standard InChI is InChI=1S/C29H30N6O2S/c36-38(37)14-2-1-13-35(38)22-6-3-5-21(15-22)27-18-31-26-11-9-24(29(26)33-27)20-8-10-25-28(16-20)34(19-32-25)23-7-4-12-30-17-23/h3,5-6,8-10,15-16,18-19,23,30H,1-2,4,7,11-14,17H2. The maximum Gasteiger partial charge on any atom is 0.235 e. The Morgan fingerprint density at radius 1 is 1.00 bits per heavy atom. The van der Waals surface area contributed by atoms with Gasteiger partial charge in [-0.3, -0.25) is 9.29 Å². The molecule has 2 aliphatic heterocycles. The fraction of sp³-hybridized carbons (Fsp3) is 0.345. The molecule has 2 fully saturated rings. The van der Waals surface area contributed by atoms with Crippen LogP contribution in [0.15, 0.2) is 61.1 Å². The van der Waals surface area contributed by atoms with Crippen molar-refractivity contribution in [1.29, 1.82) is 0 Å². The van der Waals surface area contributed by atoms with E-state index >= 15 is 0 Å². The van der Waals surface area contributed by atoms with Gasteiger partial charge in [0.05, 0.1) is 52.1 Å². The lowest BCUT2D eigenvalue weighted by atomic mass is 10.0. The predicted molar refractivity (Wildman–Crippen MR) is 149 cm³/mol. The quantitative estimate of drug-likeness (QED) is 0.425. The van der Waals surface area contributed by atoms with E-state index in [4.69, 9.17) is 9.97 Å². The minimum absolute atomic E-state index is 0.199. The summed E-state index contributed by atoms with van der Waals surface area (Å²) in [6, 6.07) is 14.5. The van der Waals surface area contributed by atoms with Gasteiger partial charge >= 0.3 is 0 Å². The fourth-order valence-electron chi connectivity index (χ4n) is 5.92. The van der Waals surface area contributed by atoms with E-state index in [1.807, 2.05) is 30.6 Å². The SMILES string of the molecule is O=S1(=O)CCCCN1c1cccc(-c2cnc3c(n2)C(c2ccc4ncn(C5CCCNC5)c4c2)=CC3)c1. The van der Waals surface area contributed by atoms with E-state index in [1.165, 1.54) is 10.7 Å². The van der Waals surface area contributed by atoms with E-state index in [0.29, 0.717) is 24.7 Å². The van der Waals surface area contributed by atoms with Gasteiger partial charge in [-0.15, -0.1) is 0 Å². The van der Waals surface area contributed by atoms with E-state index < -0.39 is 10.0 Å². The molecular formula is C29H30N6O2S. The summed E-state index contributed by atoms with van der Waals surface area (Å²) in [5.41, 5.74) is 8.49. The van der Waals surface area contributed by atoms with Gasteiger partial charge in [0, 0.05) is 36.7 Å². The number of hydrogen-bond donors (Lipinski definition) is 1. The van der Waals surface area contributed by atoms with Crippen LogP contribution in [0.25, 0.3) is 27.9 Å². The van der Waals surface area contributed by atoms with E-state index in [9.17, 15) is 8.42 Å². The molecule has 4 aromatic rings. The fourth-order valence-corrected chi connectivity index (χ4v) is 7.55. The molecule has 0 saturated carbocycles. The van der Waals surface area contributed by atoms with Crippen LogP contribution in [0.1, 0.15) is 48.7 Å². The van der Waals surface area contributed by atoms with Crippen LogP contribution < -0.4 is 9.62 Å². The number of fused-ring (bicyclic) bond motifs is 2. The van der Waals surface area contributed by atoms with Crippen LogP contribution in [0.4, 0.5) is 5.69 Å². The summed E-state index contributed by atoms with van der Waals surface area (Å²) in [7, 11) is -3.28. The smallest absolute Gasteiger partial charge is 0.235 e. The van der Waals surface area contributed by atoms with Gasteiger partial charge in [0.2, 0.25) is 10.0 Å². The zero-order valence-corrected chi connectivity index (χ0v) is 22.0. The van der Waals surface area contributed by atoms with Crippen LogP contribution in [0.2, 0.25) is 0 Å². The summed E-state index contributed by atoms with van der Waals surface area (Å²) < 4.78 is 29.2. The highest BCUT2D eigenvalue weighted by Gasteiger charge is 2.27. The van der Waals surface area contributed by atoms with Crippen LogP contribution in [-0.2, 0) is 16.4 Å². The van der Waals surface area contributed by atoms with Crippen molar-refractivity contribution in [2.24, 2.45) is 0 Å². The lowest BCUT2D eigenvalue weighted by Crippen LogP contribution is -2.37. The normalized spacial score (nSPS) is 20.9. The predicted octanol–water partition coefficient (Wildman–Crippen LogP) is 4.34. The Balaban J connectivity index is 1.23. The number of sulfonamides is 1. The number of piperidine rings is 1. The molecule has 1 aliphatic carbocycles. The minimum Gasteiger partial charge on any atom is -0.326 e. The number of rotatable bonds is 4. The third kappa shape index (κ3) is 4.10. The molecule has 2 aromatic carbocycles. The Bertz CT molecular complexity index is 1670. The number of hydrogen-bond acceptors (Lipinski definition) is 6. The Hall–Kier alpha value is -3.56. The van der Waals surface area contributed by atoms with E-state index in [1.54, 1.807) is 6.20 Å². The van der Waals surface area contributed by atoms with Gasteiger partial charge in [0.25, 0.3) is 0 Å². The number of nitrogens with one attached hydrogen (secondary N) is 1. The van der Waals surface area contributed by atoms with E-state index in [2.05, 4.69) is 39.1 Å². The van der Waals surface area contributed by atoms with Crippen LogP contribution >= 0.6 is 0 Å². The van der Waals surface area contributed by atoms with Crippen molar-refractivity contribution in [1.82, 2.24) is 24.8 Å². The van der Waals surface area contributed by atoms with Crippen molar-refractivity contribution >= 4 is 32.3 Å². The summed E-state index contributed by atoms with van der Waals surface area (Å²) in [5, 5.41) is 3.51. The molecule has 194 valence electrons. The number of allylic oxidation sites excluding steroid dienone is 1. The average molecular weight is 527 g/mol. The number of anilines is 1. The van der Waals surface area contributed by atoms with E-state index in [-0.39, 0.29) is 5.75 Å². The van der Waals surface area contributed by atoms with Gasteiger partial charge in [-0.25, -0.2) is 18.4 Å². The van der Waals surface area contributed by atoms with Gasteiger partial charge in [-0.1, -0.05) is 24.3 Å². The number of aromatic nitrogens is 4. The third-order valence-electron chi connectivity index (χ3n) is 7.93. The Labute approximate surface area is 222 Å². The van der Waals surface area contributed by atoms with Crippen molar-refractivity contribution in [2.75, 3.05) is 29.7 Å². The van der Waals surface area contributed by atoms with Crippen LogP contribution in [0.5, 0.6) is 0 Å². The molecule has 0 spiro atoms. The Morgan fingerprint density at radius 2 is 1.95 bits per heavy atom. The summed E-state index contributed by atoms with van der Waals surface area (Å²) in [5.74, 6) is 0.199. The van der Waals surface area contributed by atoms with Crippen LogP contribution in [0.3, 0.4) is 0 Å². The second-order valence-electron chi connectivity index (χ2n) is 10.4. The van der Waals surface area contributed by atoms with Gasteiger partial charge in [-0.2, -0.15) is 0 Å². The van der Waals surface area contributed by atoms with Crippen molar-refractivity contribution < 1.29 is 8.42 Å². The molecule has 7 rings (SSSR count). The molecule has 2 saturated heterocycles. The monoisotopic (exact) mass is 526 g/mol. The highest BCUT2D eigenvalue weighted by atomic mass is 32.2. The molecule has 8 nitrogen and oxygen atoms in total. The summed E-state index contributed by atoms with van der Waals surface area (Å²) in [6.07, 6.45) is 10.6. The zero-order valence-electron chi connectivity index (χ0n) is 21.2. The lowest BCUT2D eigenvalue weighted by Gasteiger charge is -2.28. The van der Waals surface area contributed by atoms with E-state index in [0.717, 1.165) is 77.2 Å².